The lowest BCUT2D eigenvalue weighted by atomic mass is 9.88. The Labute approximate surface area is 99.9 Å². The fourth-order valence-corrected chi connectivity index (χ4v) is 1.91. The van der Waals surface area contributed by atoms with Gasteiger partial charge >= 0.3 is 0 Å². The quantitative estimate of drug-likeness (QED) is 0.785. The van der Waals surface area contributed by atoms with Crippen molar-refractivity contribution in [1.82, 2.24) is 0 Å². The summed E-state index contributed by atoms with van der Waals surface area (Å²) in [6, 6.07) is 16.2. The lowest BCUT2D eigenvalue weighted by Gasteiger charge is -2.14. The highest BCUT2D eigenvalue weighted by atomic mass is 19.1. The van der Waals surface area contributed by atoms with Crippen LogP contribution >= 0.6 is 0 Å². The van der Waals surface area contributed by atoms with Crippen LogP contribution in [0.15, 0.2) is 48.5 Å². The molecule has 2 rings (SSSR count). The Morgan fingerprint density at radius 3 is 2.12 bits per heavy atom. The van der Waals surface area contributed by atoms with Gasteiger partial charge in [-0.1, -0.05) is 36.4 Å². The third-order valence-electron chi connectivity index (χ3n) is 2.69. The fraction of sp³-hybridized carbons (Fsp3) is 0.133. The molecule has 2 aromatic rings. The Kier molecular flexibility index (Phi) is 3.33. The van der Waals surface area contributed by atoms with Gasteiger partial charge in [0.1, 0.15) is 11.6 Å². The highest BCUT2D eigenvalue weighted by Crippen LogP contribution is 2.25. The van der Waals surface area contributed by atoms with Crippen LogP contribution in [0.4, 0.5) is 4.39 Å². The molecule has 1 radical (unpaired) electrons. The van der Waals surface area contributed by atoms with Gasteiger partial charge in [0.25, 0.3) is 0 Å². The molecule has 0 heterocycles. The van der Waals surface area contributed by atoms with Crippen molar-refractivity contribution in [2.75, 3.05) is 0 Å². The average molecular weight is 227 g/mol. The second-order valence-electron chi connectivity index (χ2n) is 3.93. The van der Waals surface area contributed by atoms with Crippen molar-refractivity contribution >= 4 is 5.78 Å². The maximum absolute atomic E-state index is 12.9. The first-order valence-electron chi connectivity index (χ1n) is 5.40. The molecular weight excluding hydrogens is 215 g/mol. The Balaban J connectivity index is 2.43. The number of ketones is 1. The smallest absolute Gasteiger partial charge is 0.141 e. The summed E-state index contributed by atoms with van der Waals surface area (Å²) in [5, 5.41) is 0. The zero-order chi connectivity index (χ0) is 12.3. The maximum Gasteiger partial charge on any atom is 0.141 e. The van der Waals surface area contributed by atoms with Gasteiger partial charge in [-0.25, -0.2) is 4.39 Å². The molecule has 1 unspecified atom stereocenters. The summed E-state index contributed by atoms with van der Waals surface area (Å²) in [7, 11) is 0. The standard InChI is InChI=1S/C15H12FO/c1-11(17)15(12-5-3-2-4-6-12)13-7-9-14(16)10-8-13/h3-10,15H,1H3. The molecule has 0 N–H and O–H groups in total. The summed E-state index contributed by atoms with van der Waals surface area (Å²) in [5.41, 5.74) is 1.72. The first kappa shape index (κ1) is 11.5. The first-order valence-corrected chi connectivity index (χ1v) is 5.40. The maximum atomic E-state index is 12.9. The molecule has 0 spiro atoms. The topological polar surface area (TPSA) is 17.1 Å². The van der Waals surface area contributed by atoms with E-state index in [9.17, 15) is 9.18 Å². The minimum Gasteiger partial charge on any atom is -0.299 e. The molecule has 2 aromatic carbocycles. The molecule has 0 amide bonds. The van der Waals surface area contributed by atoms with Crippen LogP contribution in [0.5, 0.6) is 0 Å². The third kappa shape index (κ3) is 2.59. The van der Waals surface area contributed by atoms with Crippen LogP contribution in [-0.2, 0) is 4.79 Å². The minimum absolute atomic E-state index is 0.0443. The molecule has 0 aliphatic rings. The number of rotatable bonds is 3. The van der Waals surface area contributed by atoms with Crippen LogP contribution in [0.1, 0.15) is 24.0 Å². The van der Waals surface area contributed by atoms with Gasteiger partial charge in [0.2, 0.25) is 0 Å². The molecule has 1 atom stereocenters. The summed E-state index contributed by atoms with van der Waals surface area (Å²) in [5.74, 6) is -0.578. The first-order chi connectivity index (χ1) is 8.18. The Hall–Kier alpha value is -1.96. The van der Waals surface area contributed by atoms with Gasteiger partial charge in [-0.3, -0.25) is 4.79 Å². The normalized spacial score (nSPS) is 12.1. The average Bonchev–Trinajstić information content (AvgIpc) is 2.33. The predicted octanol–water partition coefficient (Wildman–Crippen LogP) is 3.35. The monoisotopic (exact) mass is 227 g/mol. The molecule has 2 heteroatoms. The van der Waals surface area contributed by atoms with Crippen molar-refractivity contribution < 1.29 is 9.18 Å². The molecule has 0 saturated heterocycles. The second kappa shape index (κ2) is 4.91. The van der Waals surface area contributed by atoms with Gasteiger partial charge in [0.05, 0.1) is 5.92 Å². The van der Waals surface area contributed by atoms with E-state index in [0.717, 1.165) is 11.1 Å². The van der Waals surface area contributed by atoms with E-state index in [2.05, 4.69) is 6.07 Å². The molecule has 0 fully saturated rings. The zero-order valence-corrected chi connectivity index (χ0v) is 9.48. The number of carbonyl (C=O) groups excluding carboxylic acids is 1. The summed E-state index contributed by atoms with van der Waals surface area (Å²) in [6.45, 7) is 1.55. The molecular formula is C15H12FO. The number of Topliss-reactive ketones (excluding diaryl/α,β-unsaturated/α-hetero) is 1. The Bertz CT molecular complexity index is 502. The molecule has 0 saturated carbocycles. The van der Waals surface area contributed by atoms with Crippen molar-refractivity contribution in [2.45, 2.75) is 12.8 Å². The molecule has 0 bridgehead atoms. The van der Waals surface area contributed by atoms with Crippen LogP contribution in [0.2, 0.25) is 0 Å². The van der Waals surface area contributed by atoms with E-state index in [0.29, 0.717) is 0 Å². The third-order valence-corrected chi connectivity index (χ3v) is 2.69. The summed E-state index contributed by atoms with van der Waals surface area (Å²) >= 11 is 0. The van der Waals surface area contributed by atoms with Crippen LogP contribution in [0.3, 0.4) is 0 Å². The SMILES string of the molecule is CC(=O)C(c1cc[c]cc1)c1ccc(F)cc1. The minimum atomic E-state index is -0.329. The molecule has 85 valence electrons. The summed E-state index contributed by atoms with van der Waals surface area (Å²) in [4.78, 5) is 11.7. The van der Waals surface area contributed by atoms with E-state index in [4.69, 9.17) is 0 Å². The van der Waals surface area contributed by atoms with Gasteiger partial charge in [-0.2, -0.15) is 0 Å². The van der Waals surface area contributed by atoms with Gasteiger partial charge < -0.3 is 0 Å². The second-order valence-corrected chi connectivity index (χ2v) is 3.93. The lowest BCUT2D eigenvalue weighted by Crippen LogP contribution is -2.10. The Morgan fingerprint density at radius 2 is 1.59 bits per heavy atom. The largest absolute Gasteiger partial charge is 0.299 e. The lowest BCUT2D eigenvalue weighted by molar-refractivity contribution is -0.117. The molecule has 1 nitrogen and oxygen atoms in total. The number of halogens is 1. The van der Waals surface area contributed by atoms with E-state index in [1.54, 1.807) is 31.2 Å². The van der Waals surface area contributed by atoms with Gasteiger partial charge in [0.15, 0.2) is 0 Å². The van der Waals surface area contributed by atoms with Crippen molar-refractivity contribution in [3.63, 3.8) is 0 Å². The molecule has 0 aliphatic heterocycles. The van der Waals surface area contributed by atoms with E-state index < -0.39 is 0 Å². The number of hydrogen-bond acceptors (Lipinski definition) is 1. The molecule has 0 aromatic heterocycles. The number of carbonyl (C=O) groups is 1. The van der Waals surface area contributed by atoms with Crippen molar-refractivity contribution in [3.8, 4) is 0 Å². The highest BCUT2D eigenvalue weighted by molar-refractivity contribution is 5.86. The van der Waals surface area contributed by atoms with Crippen molar-refractivity contribution in [2.24, 2.45) is 0 Å². The van der Waals surface area contributed by atoms with Gasteiger partial charge in [0, 0.05) is 0 Å². The van der Waals surface area contributed by atoms with Gasteiger partial charge in [-0.15, -0.1) is 0 Å². The van der Waals surface area contributed by atoms with E-state index in [1.807, 2.05) is 12.1 Å². The fourth-order valence-electron chi connectivity index (χ4n) is 1.91. The molecule has 17 heavy (non-hydrogen) atoms. The van der Waals surface area contributed by atoms with Crippen LogP contribution < -0.4 is 0 Å². The number of benzene rings is 2. The Morgan fingerprint density at radius 1 is 1.06 bits per heavy atom. The van der Waals surface area contributed by atoms with Crippen LogP contribution in [0, 0.1) is 11.9 Å². The van der Waals surface area contributed by atoms with Crippen LogP contribution in [0.25, 0.3) is 0 Å². The predicted molar refractivity (Wildman–Crippen MR) is 64.2 cm³/mol. The van der Waals surface area contributed by atoms with E-state index in [-0.39, 0.29) is 17.5 Å². The van der Waals surface area contributed by atoms with E-state index >= 15 is 0 Å². The highest BCUT2D eigenvalue weighted by Gasteiger charge is 2.18. The van der Waals surface area contributed by atoms with E-state index in [1.165, 1.54) is 12.1 Å². The molecule has 0 aliphatic carbocycles. The number of hydrogen-bond donors (Lipinski definition) is 0. The summed E-state index contributed by atoms with van der Waals surface area (Å²) < 4.78 is 12.9. The van der Waals surface area contributed by atoms with Crippen molar-refractivity contribution in [3.05, 3.63) is 71.5 Å². The van der Waals surface area contributed by atoms with Crippen molar-refractivity contribution in [1.29, 1.82) is 0 Å². The van der Waals surface area contributed by atoms with Gasteiger partial charge in [-0.05, 0) is 36.2 Å². The van der Waals surface area contributed by atoms with Crippen LogP contribution in [-0.4, -0.2) is 5.78 Å². The zero-order valence-electron chi connectivity index (χ0n) is 9.48. The summed E-state index contributed by atoms with van der Waals surface area (Å²) in [6.07, 6.45) is 0.